The molecule has 0 aliphatic carbocycles. The smallest absolute Gasteiger partial charge is 0.326 e. The van der Waals surface area contributed by atoms with Crippen molar-refractivity contribution in [1.82, 2.24) is 9.03 Å². The minimum atomic E-state index is -4.34. The molecule has 1 amide bonds. The van der Waals surface area contributed by atoms with Crippen molar-refractivity contribution in [3.05, 3.63) is 41.7 Å². The molecule has 10 nitrogen and oxygen atoms in total. The average molecular weight is 514 g/mol. The van der Waals surface area contributed by atoms with E-state index >= 15 is 4.39 Å². The van der Waals surface area contributed by atoms with E-state index in [-0.39, 0.29) is 30.8 Å². The van der Waals surface area contributed by atoms with E-state index in [0.29, 0.717) is 20.8 Å². The van der Waals surface area contributed by atoms with E-state index in [1.807, 2.05) is 0 Å². The van der Waals surface area contributed by atoms with Crippen LogP contribution in [0, 0.1) is 11.2 Å². The zero-order valence-corrected chi connectivity index (χ0v) is 20.1. The Labute approximate surface area is 196 Å². The number of nitrogens with zero attached hydrogens (tertiary/aromatic N) is 2. The number of halogens is 1. The Hall–Kier alpha value is -2.74. The van der Waals surface area contributed by atoms with Crippen LogP contribution < -0.4 is 9.03 Å². The van der Waals surface area contributed by atoms with Crippen molar-refractivity contribution in [3.63, 3.8) is 0 Å². The number of hydrogen-bond donors (Lipinski definition) is 3. The van der Waals surface area contributed by atoms with Crippen LogP contribution in [0.4, 0.5) is 10.1 Å². The molecule has 0 atom stereocenters. The van der Waals surface area contributed by atoms with E-state index in [1.165, 1.54) is 22.5 Å². The highest BCUT2D eigenvalue weighted by Crippen LogP contribution is 2.39. The second-order valence-corrected chi connectivity index (χ2v) is 12.7. The molecule has 34 heavy (non-hydrogen) atoms. The Balaban J connectivity index is 1.68. The van der Waals surface area contributed by atoms with Crippen LogP contribution in [0.5, 0.6) is 5.75 Å². The monoisotopic (exact) mass is 513 g/mol. The summed E-state index contributed by atoms with van der Waals surface area (Å²) in [5.74, 6) is -2.75. The molecule has 2 aromatic carbocycles. The summed E-state index contributed by atoms with van der Waals surface area (Å²) < 4.78 is 68.8. The molecule has 0 unspecified atom stereocenters. The third-order valence-electron chi connectivity index (χ3n) is 5.76. The highest BCUT2D eigenvalue weighted by molar-refractivity contribution is 7.92. The first kappa shape index (κ1) is 24.4. The molecule has 2 aliphatic rings. The maximum absolute atomic E-state index is 15.5. The van der Waals surface area contributed by atoms with Gasteiger partial charge in [-0.2, -0.15) is 12.7 Å². The van der Waals surface area contributed by atoms with Gasteiger partial charge in [0, 0.05) is 30.5 Å². The van der Waals surface area contributed by atoms with E-state index < -0.39 is 55.4 Å². The van der Waals surface area contributed by atoms with Gasteiger partial charge in [0.25, 0.3) is 5.91 Å². The highest BCUT2D eigenvalue weighted by Gasteiger charge is 2.38. The molecule has 4 rings (SSSR count). The first-order chi connectivity index (χ1) is 15.7. The molecule has 1 fully saturated rings. The Morgan fingerprint density at radius 1 is 1.21 bits per heavy atom. The quantitative estimate of drug-likeness (QED) is 0.521. The zero-order valence-electron chi connectivity index (χ0n) is 18.4. The van der Waals surface area contributed by atoms with Crippen LogP contribution in [0.15, 0.2) is 30.3 Å². The number of hydrogen-bond acceptors (Lipinski definition) is 7. The van der Waals surface area contributed by atoms with Gasteiger partial charge in [0.2, 0.25) is 10.0 Å². The van der Waals surface area contributed by atoms with Gasteiger partial charge >= 0.3 is 10.2 Å². The molecule has 0 radical (unpaired) electrons. The van der Waals surface area contributed by atoms with Crippen LogP contribution >= 0.6 is 0 Å². The SMILES string of the molecule is CC(C)(CO)CS(=O)(=O)N1CC=C(c2ccc3cc(O)c(N4CC(=O)NS4(=O)=O)c(F)c3c2)C1. The number of fused-ring (bicyclic) bond motifs is 1. The lowest BCUT2D eigenvalue weighted by atomic mass is 9.98. The van der Waals surface area contributed by atoms with E-state index in [9.17, 15) is 31.8 Å². The number of amides is 1. The van der Waals surface area contributed by atoms with E-state index in [4.69, 9.17) is 0 Å². The first-order valence-corrected chi connectivity index (χ1v) is 13.4. The molecule has 184 valence electrons. The van der Waals surface area contributed by atoms with Gasteiger partial charge in [-0.05, 0) is 28.7 Å². The number of sulfonamides is 1. The van der Waals surface area contributed by atoms with Crippen LogP contribution in [0.1, 0.15) is 19.4 Å². The second kappa shape index (κ2) is 8.18. The number of phenols is 1. The van der Waals surface area contributed by atoms with Gasteiger partial charge in [0.15, 0.2) is 5.82 Å². The molecule has 0 aromatic heterocycles. The normalized spacial score (nSPS) is 19.0. The van der Waals surface area contributed by atoms with Crippen molar-refractivity contribution in [1.29, 1.82) is 0 Å². The predicted octanol–water partition coefficient (Wildman–Crippen LogP) is 0.913. The van der Waals surface area contributed by atoms with Crippen LogP contribution in [0.3, 0.4) is 0 Å². The van der Waals surface area contributed by atoms with E-state index in [2.05, 4.69) is 0 Å². The molecule has 3 N–H and O–H groups in total. The fourth-order valence-corrected chi connectivity index (χ4v) is 7.06. The van der Waals surface area contributed by atoms with Crippen molar-refractivity contribution >= 4 is 48.2 Å². The number of nitrogens with one attached hydrogen (secondary N) is 1. The summed E-state index contributed by atoms with van der Waals surface area (Å²) in [4.78, 5) is 11.6. The summed E-state index contributed by atoms with van der Waals surface area (Å²) in [5, 5.41) is 20.0. The Kier molecular flexibility index (Phi) is 5.87. The van der Waals surface area contributed by atoms with E-state index in [0.717, 1.165) is 0 Å². The van der Waals surface area contributed by atoms with Gasteiger partial charge in [-0.15, -0.1) is 0 Å². The summed E-state index contributed by atoms with van der Waals surface area (Å²) in [5.41, 5.74) is -0.287. The molecule has 2 aliphatic heterocycles. The van der Waals surface area contributed by atoms with Crippen molar-refractivity contribution in [2.45, 2.75) is 13.8 Å². The molecule has 2 heterocycles. The molecule has 0 saturated carbocycles. The lowest BCUT2D eigenvalue weighted by molar-refractivity contribution is -0.117. The Morgan fingerprint density at radius 2 is 1.91 bits per heavy atom. The van der Waals surface area contributed by atoms with Gasteiger partial charge in [-0.3, -0.25) is 4.79 Å². The fraction of sp³-hybridized carbons (Fsp3) is 0.381. The Bertz CT molecular complexity index is 1440. The van der Waals surface area contributed by atoms with Crippen molar-refractivity contribution in [2.75, 3.05) is 36.3 Å². The largest absolute Gasteiger partial charge is 0.506 e. The standard InChI is InChI=1S/C21H24FN3O7S2/c1-21(2,11-26)12-33(29,30)24-6-5-15(9-24)13-3-4-14-8-17(27)20(19(22)16(14)7-13)25-10-18(28)23-34(25,31)32/h3-5,7-8,26-27H,6,9-12H2,1-2H3,(H,23,28). The molecular formula is C21H24FN3O7S2. The number of anilines is 1. The topological polar surface area (TPSA) is 144 Å². The average Bonchev–Trinajstić information content (AvgIpc) is 3.32. The fourth-order valence-electron chi connectivity index (χ4n) is 3.99. The summed E-state index contributed by atoms with van der Waals surface area (Å²) in [6.07, 6.45) is 1.71. The van der Waals surface area contributed by atoms with Crippen LogP contribution in [-0.2, 0) is 25.0 Å². The zero-order chi connectivity index (χ0) is 25.1. The number of rotatable bonds is 6. The van der Waals surface area contributed by atoms with Gasteiger partial charge in [0.05, 0.1) is 5.75 Å². The predicted molar refractivity (Wildman–Crippen MR) is 124 cm³/mol. The van der Waals surface area contributed by atoms with Crippen molar-refractivity contribution in [3.8, 4) is 5.75 Å². The van der Waals surface area contributed by atoms with Gasteiger partial charge < -0.3 is 10.2 Å². The number of carbonyl (C=O) groups is 1. The minimum Gasteiger partial charge on any atom is -0.506 e. The minimum absolute atomic E-state index is 0.00321. The van der Waals surface area contributed by atoms with Crippen LogP contribution in [0.25, 0.3) is 16.3 Å². The Morgan fingerprint density at radius 3 is 2.53 bits per heavy atom. The van der Waals surface area contributed by atoms with E-state index in [1.54, 1.807) is 30.7 Å². The maximum Gasteiger partial charge on any atom is 0.326 e. The van der Waals surface area contributed by atoms with Gasteiger partial charge in [-0.25, -0.2) is 21.8 Å². The van der Waals surface area contributed by atoms with Crippen molar-refractivity contribution < 1.29 is 36.2 Å². The first-order valence-electron chi connectivity index (χ1n) is 10.3. The van der Waals surface area contributed by atoms with Crippen molar-refractivity contribution in [2.24, 2.45) is 5.41 Å². The third kappa shape index (κ3) is 4.35. The summed E-state index contributed by atoms with van der Waals surface area (Å²) in [6, 6.07) is 5.84. The third-order valence-corrected chi connectivity index (χ3v) is 9.34. The summed E-state index contributed by atoms with van der Waals surface area (Å²) in [6.45, 7) is 2.53. The number of aliphatic hydroxyl groups excluding tert-OH is 1. The second-order valence-electron chi connectivity index (χ2n) is 9.13. The number of aliphatic hydroxyl groups is 1. The molecule has 0 spiro atoms. The maximum atomic E-state index is 15.5. The number of benzene rings is 2. The van der Waals surface area contributed by atoms with Gasteiger partial charge in [-0.1, -0.05) is 32.1 Å². The summed E-state index contributed by atoms with van der Waals surface area (Å²) in [7, 11) is -8.00. The molecule has 0 bridgehead atoms. The lowest BCUT2D eigenvalue weighted by Crippen LogP contribution is -2.38. The number of aromatic hydroxyl groups is 1. The van der Waals surface area contributed by atoms with Crippen LogP contribution in [-0.4, -0.2) is 69.3 Å². The number of phenolic OH excluding ortho intramolecular Hbond substituents is 1. The van der Waals surface area contributed by atoms with Gasteiger partial charge in [0.1, 0.15) is 18.0 Å². The molecule has 13 heteroatoms. The lowest BCUT2D eigenvalue weighted by Gasteiger charge is -2.25. The molecule has 2 aromatic rings. The summed E-state index contributed by atoms with van der Waals surface area (Å²) >= 11 is 0. The highest BCUT2D eigenvalue weighted by atomic mass is 32.2. The van der Waals surface area contributed by atoms with Crippen LogP contribution in [0.2, 0.25) is 0 Å². The molecular weight excluding hydrogens is 489 g/mol. The molecule has 1 saturated heterocycles. The number of carbonyl (C=O) groups excluding carboxylic acids is 1.